The predicted molar refractivity (Wildman–Crippen MR) is 138 cm³/mol. The molecule has 0 aliphatic heterocycles. The SMILES string of the molecule is CCOC(=O)[C@H](C)Oc1c(OCC)cc(C=Nn2c(C)nc3ccc(Br)cc3c2=O)c(Br)c1Cl. The minimum Gasteiger partial charge on any atom is -0.490 e. The highest BCUT2D eigenvalue weighted by Crippen LogP contribution is 2.42. The number of ether oxygens (including phenoxy) is 3. The topological polar surface area (TPSA) is 92.0 Å². The zero-order chi connectivity index (χ0) is 25.0. The van der Waals surface area contributed by atoms with Crippen molar-refractivity contribution in [1.29, 1.82) is 0 Å². The van der Waals surface area contributed by atoms with Gasteiger partial charge in [0.25, 0.3) is 5.56 Å². The van der Waals surface area contributed by atoms with Crippen molar-refractivity contribution in [1.82, 2.24) is 9.66 Å². The van der Waals surface area contributed by atoms with Crippen LogP contribution in [0.5, 0.6) is 11.5 Å². The molecule has 0 aliphatic carbocycles. The number of aromatic nitrogens is 2. The molecule has 1 aromatic heterocycles. The molecular weight excluding hydrogens is 594 g/mol. The maximum Gasteiger partial charge on any atom is 0.347 e. The molecule has 3 rings (SSSR count). The third kappa shape index (κ3) is 5.61. The average molecular weight is 616 g/mol. The van der Waals surface area contributed by atoms with E-state index in [0.29, 0.717) is 39.1 Å². The van der Waals surface area contributed by atoms with Crippen LogP contribution in [0.4, 0.5) is 0 Å². The van der Waals surface area contributed by atoms with Crippen molar-refractivity contribution < 1.29 is 19.0 Å². The highest BCUT2D eigenvalue weighted by molar-refractivity contribution is 9.10. The molecule has 0 bridgehead atoms. The molecule has 0 unspecified atom stereocenters. The Morgan fingerprint density at radius 1 is 1.26 bits per heavy atom. The van der Waals surface area contributed by atoms with Gasteiger partial charge in [-0.3, -0.25) is 4.79 Å². The molecule has 0 N–H and O–H groups in total. The van der Waals surface area contributed by atoms with E-state index in [9.17, 15) is 9.59 Å². The fourth-order valence-electron chi connectivity index (χ4n) is 3.07. The van der Waals surface area contributed by atoms with E-state index in [1.54, 1.807) is 39.0 Å². The van der Waals surface area contributed by atoms with Crippen molar-refractivity contribution in [3.8, 4) is 11.5 Å². The maximum atomic E-state index is 13.0. The highest BCUT2D eigenvalue weighted by atomic mass is 79.9. The fourth-order valence-corrected chi connectivity index (χ4v) is 4.08. The molecule has 0 saturated heterocycles. The maximum absolute atomic E-state index is 13.0. The van der Waals surface area contributed by atoms with Crippen LogP contribution < -0.4 is 15.0 Å². The number of hydrogen-bond donors (Lipinski definition) is 0. The Kier molecular flexibility index (Phi) is 8.72. The van der Waals surface area contributed by atoms with Crippen molar-refractivity contribution in [3.63, 3.8) is 0 Å². The molecule has 0 aliphatic rings. The minimum absolute atomic E-state index is 0.188. The van der Waals surface area contributed by atoms with Crippen molar-refractivity contribution in [2.24, 2.45) is 5.10 Å². The molecule has 0 saturated carbocycles. The second kappa shape index (κ2) is 11.3. The van der Waals surface area contributed by atoms with Gasteiger partial charge in [0.15, 0.2) is 17.6 Å². The Labute approximate surface area is 218 Å². The van der Waals surface area contributed by atoms with Gasteiger partial charge in [0.2, 0.25) is 0 Å². The highest BCUT2D eigenvalue weighted by Gasteiger charge is 2.23. The molecule has 0 spiro atoms. The first-order valence-corrected chi connectivity index (χ1v) is 12.4. The summed E-state index contributed by atoms with van der Waals surface area (Å²) in [5.74, 6) is 0.413. The summed E-state index contributed by atoms with van der Waals surface area (Å²) in [5.41, 5.74) is 0.804. The molecule has 0 radical (unpaired) electrons. The van der Waals surface area contributed by atoms with E-state index in [2.05, 4.69) is 41.9 Å². The van der Waals surface area contributed by atoms with E-state index in [1.807, 2.05) is 13.0 Å². The first-order valence-electron chi connectivity index (χ1n) is 10.4. The van der Waals surface area contributed by atoms with Crippen molar-refractivity contribution in [2.75, 3.05) is 13.2 Å². The van der Waals surface area contributed by atoms with Gasteiger partial charge in [0.1, 0.15) is 10.8 Å². The summed E-state index contributed by atoms with van der Waals surface area (Å²) >= 11 is 13.4. The van der Waals surface area contributed by atoms with E-state index < -0.39 is 12.1 Å². The minimum atomic E-state index is -0.896. The summed E-state index contributed by atoms with van der Waals surface area (Å²) in [7, 11) is 0. The lowest BCUT2D eigenvalue weighted by Crippen LogP contribution is -2.26. The number of halogens is 3. The first kappa shape index (κ1) is 26.2. The summed E-state index contributed by atoms with van der Waals surface area (Å²) in [6.45, 7) is 7.35. The lowest BCUT2D eigenvalue weighted by Gasteiger charge is -2.19. The normalized spacial score (nSPS) is 12.2. The Morgan fingerprint density at radius 2 is 2.00 bits per heavy atom. The van der Waals surface area contributed by atoms with Crippen LogP contribution in [0.2, 0.25) is 5.02 Å². The van der Waals surface area contributed by atoms with Gasteiger partial charge in [-0.15, -0.1) is 0 Å². The number of carbonyl (C=O) groups is 1. The molecule has 3 aromatic rings. The number of aryl methyl sites for hydroxylation is 1. The number of rotatable bonds is 8. The lowest BCUT2D eigenvalue weighted by atomic mass is 10.2. The van der Waals surface area contributed by atoms with Crippen LogP contribution in [0.25, 0.3) is 10.9 Å². The van der Waals surface area contributed by atoms with Crippen molar-refractivity contribution >= 4 is 66.5 Å². The summed E-state index contributed by atoms with van der Waals surface area (Å²) in [5, 5.41) is 4.96. The van der Waals surface area contributed by atoms with Gasteiger partial charge in [-0.05, 0) is 67.9 Å². The molecule has 180 valence electrons. The fraction of sp³-hybridized carbons (Fsp3) is 0.304. The van der Waals surface area contributed by atoms with Crippen LogP contribution >= 0.6 is 43.5 Å². The van der Waals surface area contributed by atoms with Gasteiger partial charge < -0.3 is 14.2 Å². The first-order chi connectivity index (χ1) is 16.2. The molecule has 1 heterocycles. The molecule has 11 heteroatoms. The van der Waals surface area contributed by atoms with Crippen LogP contribution in [-0.2, 0) is 9.53 Å². The molecule has 2 aromatic carbocycles. The van der Waals surface area contributed by atoms with Crippen LogP contribution in [-0.4, -0.2) is 41.2 Å². The molecule has 0 amide bonds. The van der Waals surface area contributed by atoms with Crippen LogP contribution in [0, 0.1) is 6.92 Å². The summed E-state index contributed by atoms with van der Waals surface area (Å²) in [4.78, 5) is 29.5. The molecule has 8 nitrogen and oxygen atoms in total. The summed E-state index contributed by atoms with van der Waals surface area (Å²) < 4.78 is 18.9. The summed E-state index contributed by atoms with van der Waals surface area (Å²) in [6.07, 6.45) is 0.573. The largest absolute Gasteiger partial charge is 0.490 e. The summed E-state index contributed by atoms with van der Waals surface area (Å²) in [6, 6.07) is 6.94. The van der Waals surface area contributed by atoms with E-state index in [1.165, 1.54) is 10.9 Å². The van der Waals surface area contributed by atoms with Crippen LogP contribution in [0.15, 0.2) is 43.1 Å². The number of carbonyl (C=O) groups excluding carboxylic acids is 1. The third-order valence-corrected chi connectivity index (χ3v) is 6.59. The Hall–Kier alpha value is -2.43. The average Bonchev–Trinajstić information content (AvgIpc) is 2.80. The van der Waals surface area contributed by atoms with Crippen LogP contribution in [0.3, 0.4) is 0 Å². The Morgan fingerprint density at radius 3 is 2.68 bits per heavy atom. The molecule has 1 atom stereocenters. The number of fused-ring (bicyclic) bond motifs is 1. The second-order valence-corrected chi connectivity index (χ2v) is 9.13. The van der Waals surface area contributed by atoms with Gasteiger partial charge in [-0.2, -0.15) is 9.78 Å². The zero-order valence-corrected chi connectivity index (χ0v) is 22.8. The number of benzene rings is 2. The van der Waals surface area contributed by atoms with Crippen molar-refractivity contribution in [2.45, 2.75) is 33.8 Å². The number of esters is 1. The van der Waals surface area contributed by atoms with Gasteiger partial charge >= 0.3 is 5.97 Å². The smallest absolute Gasteiger partial charge is 0.347 e. The Bertz CT molecular complexity index is 1330. The monoisotopic (exact) mass is 613 g/mol. The standard InChI is InChI=1S/C23H22Br2ClN3O5/c1-5-32-18-9-14(19(25)20(26)21(18)34-12(3)23(31)33-6-2)11-27-29-13(4)28-17-8-7-15(24)10-16(17)22(29)30/h7-12H,5-6H2,1-4H3/t12-/m0/s1. The van der Waals surface area contributed by atoms with E-state index in [4.69, 9.17) is 25.8 Å². The predicted octanol–water partition coefficient (Wildman–Crippen LogP) is 5.49. The van der Waals surface area contributed by atoms with E-state index in [0.717, 1.165) is 4.47 Å². The van der Waals surface area contributed by atoms with Crippen LogP contribution in [0.1, 0.15) is 32.2 Å². The molecule has 34 heavy (non-hydrogen) atoms. The van der Waals surface area contributed by atoms with Gasteiger partial charge in [-0.1, -0.05) is 27.5 Å². The van der Waals surface area contributed by atoms with Gasteiger partial charge in [-0.25, -0.2) is 9.78 Å². The lowest BCUT2D eigenvalue weighted by molar-refractivity contribution is -0.150. The third-order valence-electron chi connectivity index (χ3n) is 4.65. The van der Waals surface area contributed by atoms with Gasteiger partial charge in [0.05, 0.1) is 30.3 Å². The van der Waals surface area contributed by atoms with E-state index >= 15 is 0 Å². The van der Waals surface area contributed by atoms with Crippen molar-refractivity contribution in [3.05, 3.63) is 60.0 Å². The van der Waals surface area contributed by atoms with Gasteiger partial charge in [0, 0.05) is 14.5 Å². The molecular formula is C23H22Br2ClN3O5. The number of hydrogen-bond acceptors (Lipinski definition) is 7. The quantitative estimate of drug-likeness (QED) is 0.246. The molecule has 0 fully saturated rings. The zero-order valence-electron chi connectivity index (χ0n) is 18.9. The number of nitrogens with zero attached hydrogens (tertiary/aromatic N) is 3. The van der Waals surface area contributed by atoms with E-state index in [-0.39, 0.29) is 22.9 Å². The Balaban J connectivity index is 2.04. The second-order valence-electron chi connectivity index (χ2n) is 7.05.